The number of urea groups is 1. The van der Waals surface area contributed by atoms with Crippen LogP contribution in [0, 0.1) is 0 Å². The predicted octanol–water partition coefficient (Wildman–Crippen LogP) is 1.83. The minimum Gasteiger partial charge on any atom is -0.480 e. The summed E-state index contributed by atoms with van der Waals surface area (Å²) < 4.78 is 0. The third-order valence-electron chi connectivity index (χ3n) is 3.39. The number of nitrogens with zero attached hydrogens (tertiary/aromatic N) is 1. The van der Waals surface area contributed by atoms with Gasteiger partial charge in [0, 0.05) is 25.3 Å². The van der Waals surface area contributed by atoms with Crippen molar-refractivity contribution in [3.8, 4) is 0 Å². The molecule has 1 aromatic rings. The highest BCUT2D eigenvalue weighted by atomic mass is 32.2. The molecule has 1 heterocycles. The number of rotatable bonds is 4. The zero-order valence-corrected chi connectivity index (χ0v) is 12.6. The highest BCUT2D eigenvalue weighted by molar-refractivity contribution is 7.99. The quantitative estimate of drug-likeness (QED) is 0.890. The SMILES string of the molecule is O=C(O)C(Cc1ccccc1)NC(=O)N1CCCSCC1. The van der Waals surface area contributed by atoms with Crippen molar-refractivity contribution in [2.24, 2.45) is 0 Å². The Bertz CT molecular complexity index is 473. The summed E-state index contributed by atoms with van der Waals surface area (Å²) in [4.78, 5) is 25.3. The summed E-state index contributed by atoms with van der Waals surface area (Å²) in [6.45, 7) is 1.37. The molecule has 0 saturated carbocycles. The molecule has 6 heteroatoms. The molecule has 1 aliphatic rings. The fourth-order valence-electron chi connectivity index (χ4n) is 2.24. The number of carboxylic acid groups (broad SMARTS) is 1. The molecule has 1 aliphatic heterocycles. The highest BCUT2D eigenvalue weighted by Gasteiger charge is 2.23. The van der Waals surface area contributed by atoms with E-state index in [-0.39, 0.29) is 6.03 Å². The van der Waals surface area contributed by atoms with E-state index in [1.54, 1.807) is 4.90 Å². The number of carbonyl (C=O) groups is 2. The van der Waals surface area contributed by atoms with Gasteiger partial charge in [0.1, 0.15) is 6.04 Å². The lowest BCUT2D eigenvalue weighted by atomic mass is 10.1. The van der Waals surface area contributed by atoms with Crippen LogP contribution in [-0.4, -0.2) is 52.6 Å². The number of aliphatic carboxylic acids is 1. The summed E-state index contributed by atoms with van der Waals surface area (Å²) in [5.41, 5.74) is 0.900. The second-order valence-corrected chi connectivity index (χ2v) is 6.21. The van der Waals surface area contributed by atoms with Crippen LogP contribution in [0.1, 0.15) is 12.0 Å². The van der Waals surface area contributed by atoms with Gasteiger partial charge in [-0.05, 0) is 17.7 Å². The number of nitrogens with one attached hydrogen (secondary N) is 1. The van der Waals surface area contributed by atoms with E-state index in [1.807, 2.05) is 42.1 Å². The molecule has 1 saturated heterocycles. The first-order chi connectivity index (χ1) is 10.2. The Hall–Kier alpha value is -1.69. The van der Waals surface area contributed by atoms with Crippen LogP contribution in [0.2, 0.25) is 0 Å². The van der Waals surface area contributed by atoms with E-state index in [2.05, 4.69) is 5.32 Å². The number of benzene rings is 1. The van der Waals surface area contributed by atoms with Crippen molar-refractivity contribution >= 4 is 23.8 Å². The van der Waals surface area contributed by atoms with Crippen LogP contribution in [0.15, 0.2) is 30.3 Å². The molecule has 114 valence electrons. The Morgan fingerprint density at radius 3 is 2.71 bits per heavy atom. The Balaban J connectivity index is 1.95. The Morgan fingerprint density at radius 2 is 2.00 bits per heavy atom. The molecule has 0 aliphatic carbocycles. The molecule has 0 radical (unpaired) electrons. The van der Waals surface area contributed by atoms with Gasteiger partial charge in [0.05, 0.1) is 0 Å². The molecule has 1 aromatic carbocycles. The normalized spacial score (nSPS) is 16.9. The summed E-state index contributed by atoms with van der Waals surface area (Å²) in [6.07, 6.45) is 1.25. The van der Waals surface area contributed by atoms with Crippen molar-refractivity contribution in [2.45, 2.75) is 18.9 Å². The first-order valence-corrected chi connectivity index (χ1v) is 8.22. The van der Waals surface area contributed by atoms with Gasteiger partial charge in [-0.2, -0.15) is 11.8 Å². The van der Waals surface area contributed by atoms with Gasteiger partial charge in [-0.15, -0.1) is 0 Å². The molecule has 2 amide bonds. The number of carbonyl (C=O) groups excluding carboxylic acids is 1. The molecular weight excluding hydrogens is 288 g/mol. The van der Waals surface area contributed by atoms with E-state index in [1.165, 1.54) is 0 Å². The van der Waals surface area contributed by atoms with Crippen molar-refractivity contribution in [2.75, 3.05) is 24.6 Å². The van der Waals surface area contributed by atoms with E-state index in [9.17, 15) is 14.7 Å². The monoisotopic (exact) mass is 308 g/mol. The average Bonchev–Trinajstić information content (AvgIpc) is 2.76. The lowest BCUT2D eigenvalue weighted by Crippen LogP contribution is -2.49. The lowest BCUT2D eigenvalue weighted by molar-refractivity contribution is -0.139. The number of thioether (sulfide) groups is 1. The fourth-order valence-corrected chi connectivity index (χ4v) is 3.13. The van der Waals surface area contributed by atoms with Crippen LogP contribution in [0.3, 0.4) is 0 Å². The van der Waals surface area contributed by atoms with E-state index in [0.29, 0.717) is 19.5 Å². The number of carboxylic acids is 1. The lowest BCUT2D eigenvalue weighted by Gasteiger charge is -2.23. The number of hydrogen-bond donors (Lipinski definition) is 2. The minimum absolute atomic E-state index is 0.277. The third-order valence-corrected chi connectivity index (χ3v) is 4.44. The average molecular weight is 308 g/mol. The zero-order valence-electron chi connectivity index (χ0n) is 11.8. The Kier molecular flexibility index (Phi) is 5.92. The number of hydrogen-bond acceptors (Lipinski definition) is 3. The van der Waals surface area contributed by atoms with Crippen molar-refractivity contribution in [3.63, 3.8) is 0 Å². The Morgan fingerprint density at radius 1 is 1.24 bits per heavy atom. The molecule has 21 heavy (non-hydrogen) atoms. The molecule has 0 aromatic heterocycles. The van der Waals surface area contributed by atoms with Crippen LogP contribution in [-0.2, 0) is 11.2 Å². The van der Waals surface area contributed by atoms with Gasteiger partial charge in [0.25, 0.3) is 0 Å². The van der Waals surface area contributed by atoms with Gasteiger partial charge in [-0.1, -0.05) is 30.3 Å². The van der Waals surface area contributed by atoms with E-state index in [4.69, 9.17) is 0 Å². The standard InChI is InChI=1S/C15H20N2O3S/c18-14(19)13(11-12-5-2-1-3-6-12)16-15(20)17-7-4-9-21-10-8-17/h1-3,5-6,13H,4,7-11H2,(H,16,20)(H,18,19). The van der Waals surface area contributed by atoms with Gasteiger partial charge in [-0.25, -0.2) is 9.59 Å². The third kappa shape index (κ3) is 4.97. The maximum Gasteiger partial charge on any atom is 0.326 e. The summed E-state index contributed by atoms with van der Waals surface area (Å²) in [7, 11) is 0. The molecule has 5 nitrogen and oxygen atoms in total. The molecule has 2 N–H and O–H groups in total. The molecule has 1 unspecified atom stereocenters. The molecule has 0 bridgehead atoms. The van der Waals surface area contributed by atoms with Crippen LogP contribution >= 0.6 is 11.8 Å². The van der Waals surface area contributed by atoms with Crippen LogP contribution < -0.4 is 5.32 Å². The topological polar surface area (TPSA) is 69.6 Å². The van der Waals surface area contributed by atoms with Gasteiger partial charge in [0.15, 0.2) is 0 Å². The molecule has 2 rings (SSSR count). The first-order valence-electron chi connectivity index (χ1n) is 7.07. The van der Waals surface area contributed by atoms with Crippen molar-refractivity contribution in [1.82, 2.24) is 10.2 Å². The van der Waals surface area contributed by atoms with Gasteiger partial charge >= 0.3 is 12.0 Å². The maximum atomic E-state index is 12.2. The first kappa shape index (κ1) is 15.7. The molecule has 1 fully saturated rings. The molecule has 1 atom stereocenters. The van der Waals surface area contributed by atoms with Crippen LogP contribution in [0.5, 0.6) is 0 Å². The number of amides is 2. The fraction of sp³-hybridized carbons (Fsp3) is 0.467. The van der Waals surface area contributed by atoms with E-state index >= 15 is 0 Å². The summed E-state index contributed by atoms with van der Waals surface area (Å²) in [5, 5.41) is 11.9. The summed E-state index contributed by atoms with van der Waals surface area (Å²) in [5.74, 6) is 0.955. The zero-order chi connectivity index (χ0) is 15.1. The second kappa shape index (κ2) is 7.93. The van der Waals surface area contributed by atoms with E-state index < -0.39 is 12.0 Å². The largest absolute Gasteiger partial charge is 0.480 e. The predicted molar refractivity (Wildman–Crippen MR) is 83.6 cm³/mol. The second-order valence-electron chi connectivity index (χ2n) is 4.98. The maximum absolute atomic E-state index is 12.2. The van der Waals surface area contributed by atoms with Crippen LogP contribution in [0.4, 0.5) is 4.79 Å². The molecule has 0 spiro atoms. The highest BCUT2D eigenvalue weighted by Crippen LogP contribution is 2.10. The summed E-state index contributed by atoms with van der Waals surface area (Å²) >= 11 is 1.83. The van der Waals surface area contributed by atoms with Gasteiger partial charge in [-0.3, -0.25) is 0 Å². The van der Waals surface area contributed by atoms with E-state index in [0.717, 1.165) is 23.5 Å². The summed E-state index contributed by atoms with van der Waals surface area (Å²) in [6, 6.07) is 8.17. The Labute approximate surface area is 128 Å². The molecular formula is C15H20N2O3S. The van der Waals surface area contributed by atoms with Gasteiger partial charge in [0.2, 0.25) is 0 Å². The van der Waals surface area contributed by atoms with Gasteiger partial charge < -0.3 is 15.3 Å². The van der Waals surface area contributed by atoms with Crippen molar-refractivity contribution in [3.05, 3.63) is 35.9 Å². The smallest absolute Gasteiger partial charge is 0.326 e. The van der Waals surface area contributed by atoms with Crippen molar-refractivity contribution in [1.29, 1.82) is 0 Å². The van der Waals surface area contributed by atoms with Crippen molar-refractivity contribution < 1.29 is 14.7 Å². The van der Waals surface area contributed by atoms with Crippen LogP contribution in [0.25, 0.3) is 0 Å². The minimum atomic E-state index is -1.00.